The van der Waals surface area contributed by atoms with Crippen LogP contribution in [-0.2, 0) is 0 Å². The van der Waals surface area contributed by atoms with Crippen molar-refractivity contribution in [2.75, 3.05) is 11.9 Å². The van der Waals surface area contributed by atoms with Gasteiger partial charge in [0.25, 0.3) is 0 Å². The third kappa shape index (κ3) is 2.81. The Labute approximate surface area is 111 Å². The SMILES string of the molecule is CCCC1(CNc2nccc(C#N)c2[N+](=O)[O-])CC1. The number of anilines is 1. The second-order valence-electron chi connectivity index (χ2n) is 5.03. The highest BCUT2D eigenvalue weighted by Crippen LogP contribution is 2.49. The highest BCUT2D eigenvalue weighted by molar-refractivity contribution is 5.64. The molecule has 0 atom stereocenters. The number of nitro groups is 1. The Morgan fingerprint density at radius 1 is 1.63 bits per heavy atom. The Bertz CT molecular complexity index is 532. The van der Waals surface area contributed by atoms with E-state index in [2.05, 4.69) is 17.2 Å². The summed E-state index contributed by atoms with van der Waals surface area (Å²) in [4.78, 5) is 14.5. The zero-order valence-corrected chi connectivity index (χ0v) is 10.8. The predicted octanol–water partition coefficient (Wildman–Crippen LogP) is 2.85. The lowest BCUT2D eigenvalue weighted by Gasteiger charge is -2.15. The average Bonchev–Trinajstić information content (AvgIpc) is 3.16. The molecule has 1 N–H and O–H groups in total. The molecule has 19 heavy (non-hydrogen) atoms. The van der Waals surface area contributed by atoms with Crippen LogP contribution < -0.4 is 5.32 Å². The molecule has 1 aliphatic rings. The fraction of sp³-hybridized carbons (Fsp3) is 0.538. The summed E-state index contributed by atoms with van der Waals surface area (Å²) >= 11 is 0. The fourth-order valence-corrected chi connectivity index (χ4v) is 2.35. The first kappa shape index (κ1) is 13.3. The molecule has 6 nitrogen and oxygen atoms in total. The summed E-state index contributed by atoms with van der Waals surface area (Å²) in [6.45, 7) is 2.82. The minimum atomic E-state index is -0.548. The molecule has 0 spiro atoms. The smallest absolute Gasteiger partial charge is 0.328 e. The summed E-state index contributed by atoms with van der Waals surface area (Å²) in [5, 5.41) is 23.0. The molecule has 0 saturated heterocycles. The Morgan fingerprint density at radius 2 is 2.37 bits per heavy atom. The van der Waals surface area contributed by atoms with Crippen molar-refractivity contribution >= 4 is 11.5 Å². The van der Waals surface area contributed by atoms with Crippen LogP contribution in [0.15, 0.2) is 12.3 Å². The molecule has 1 saturated carbocycles. The monoisotopic (exact) mass is 260 g/mol. The number of pyridine rings is 1. The molecule has 1 heterocycles. The minimum absolute atomic E-state index is 0.0443. The van der Waals surface area contributed by atoms with Crippen LogP contribution in [0.3, 0.4) is 0 Å². The van der Waals surface area contributed by atoms with Crippen molar-refractivity contribution in [1.82, 2.24) is 4.98 Å². The Hall–Kier alpha value is -2.16. The lowest BCUT2D eigenvalue weighted by Crippen LogP contribution is -2.17. The first-order chi connectivity index (χ1) is 9.12. The molecular weight excluding hydrogens is 244 g/mol. The van der Waals surface area contributed by atoms with E-state index in [1.165, 1.54) is 12.3 Å². The molecule has 0 amide bonds. The lowest BCUT2D eigenvalue weighted by atomic mass is 10.0. The van der Waals surface area contributed by atoms with E-state index in [0.717, 1.165) is 25.7 Å². The summed E-state index contributed by atoms with van der Waals surface area (Å²) in [6, 6.07) is 3.20. The van der Waals surface area contributed by atoms with Gasteiger partial charge in [0.05, 0.1) is 4.92 Å². The van der Waals surface area contributed by atoms with Gasteiger partial charge in [-0.1, -0.05) is 13.3 Å². The fourth-order valence-electron chi connectivity index (χ4n) is 2.35. The molecule has 0 aliphatic heterocycles. The minimum Gasteiger partial charge on any atom is -0.364 e. The number of rotatable bonds is 6. The van der Waals surface area contributed by atoms with Crippen molar-refractivity contribution in [3.8, 4) is 6.07 Å². The lowest BCUT2D eigenvalue weighted by molar-refractivity contribution is -0.384. The standard InChI is InChI=1S/C13H16N4O2/c1-2-4-13(5-6-13)9-16-12-11(17(18)19)10(8-14)3-7-15-12/h3,7H,2,4-6,9H2,1H3,(H,15,16). The van der Waals surface area contributed by atoms with E-state index in [0.29, 0.717) is 6.54 Å². The quantitative estimate of drug-likeness (QED) is 0.627. The number of aromatic nitrogens is 1. The summed E-state index contributed by atoms with van der Waals surface area (Å²) in [7, 11) is 0. The molecule has 0 unspecified atom stereocenters. The molecule has 1 aromatic heterocycles. The van der Waals surface area contributed by atoms with E-state index in [9.17, 15) is 10.1 Å². The van der Waals surface area contributed by atoms with E-state index in [4.69, 9.17) is 5.26 Å². The molecule has 0 aromatic carbocycles. The van der Waals surface area contributed by atoms with Crippen molar-refractivity contribution in [2.24, 2.45) is 5.41 Å². The van der Waals surface area contributed by atoms with Crippen LogP contribution in [-0.4, -0.2) is 16.5 Å². The maximum absolute atomic E-state index is 11.0. The van der Waals surface area contributed by atoms with Gasteiger partial charge in [0.15, 0.2) is 0 Å². The average molecular weight is 260 g/mol. The van der Waals surface area contributed by atoms with Crippen LogP contribution in [0.4, 0.5) is 11.5 Å². The number of nitrogens with zero attached hydrogens (tertiary/aromatic N) is 3. The van der Waals surface area contributed by atoms with Gasteiger partial charge in [-0.25, -0.2) is 4.98 Å². The van der Waals surface area contributed by atoms with Gasteiger partial charge in [0.2, 0.25) is 5.82 Å². The van der Waals surface area contributed by atoms with Crippen LogP contribution in [0, 0.1) is 26.9 Å². The van der Waals surface area contributed by atoms with Gasteiger partial charge in [-0.15, -0.1) is 0 Å². The maximum atomic E-state index is 11.0. The zero-order chi connectivity index (χ0) is 13.9. The summed E-state index contributed by atoms with van der Waals surface area (Å²) in [5.74, 6) is 0.200. The Kier molecular flexibility index (Phi) is 3.65. The molecule has 1 fully saturated rings. The zero-order valence-electron chi connectivity index (χ0n) is 10.8. The summed E-state index contributed by atoms with van der Waals surface area (Å²) in [6.07, 6.45) is 5.95. The van der Waals surface area contributed by atoms with Crippen molar-refractivity contribution in [2.45, 2.75) is 32.6 Å². The number of hydrogen-bond donors (Lipinski definition) is 1. The topological polar surface area (TPSA) is 91.8 Å². The van der Waals surface area contributed by atoms with Crippen LogP contribution >= 0.6 is 0 Å². The van der Waals surface area contributed by atoms with E-state index in [1.54, 1.807) is 0 Å². The van der Waals surface area contributed by atoms with E-state index in [-0.39, 0.29) is 22.5 Å². The van der Waals surface area contributed by atoms with E-state index >= 15 is 0 Å². The normalized spacial score (nSPS) is 15.6. The highest BCUT2D eigenvalue weighted by atomic mass is 16.6. The van der Waals surface area contributed by atoms with E-state index < -0.39 is 4.92 Å². The van der Waals surface area contributed by atoms with Gasteiger partial charge in [-0.05, 0) is 30.7 Å². The molecule has 6 heteroatoms. The van der Waals surface area contributed by atoms with Crippen molar-refractivity contribution in [3.63, 3.8) is 0 Å². The number of nitriles is 1. The van der Waals surface area contributed by atoms with Gasteiger partial charge < -0.3 is 5.32 Å². The van der Waals surface area contributed by atoms with Crippen LogP contribution in [0.2, 0.25) is 0 Å². The number of hydrogen-bond acceptors (Lipinski definition) is 5. The molecule has 100 valence electrons. The van der Waals surface area contributed by atoms with Gasteiger partial charge >= 0.3 is 5.69 Å². The first-order valence-corrected chi connectivity index (χ1v) is 6.39. The molecule has 0 radical (unpaired) electrons. The van der Waals surface area contributed by atoms with Crippen LogP contribution in [0.5, 0.6) is 0 Å². The molecule has 0 bridgehead atoms. The Balaban J connectivity index is 2.17. The summed E-state index contributed by atoms with van der Waals surface area (Å²) in [5.41, 5.74) is 0.0904. The highest BCUT2D eigenvalue weighted by Gasteiger charge is 2.41. The van der Waals surface area contributed by atoms with Gasteiger partial charge in [-0.2, -0.15) is 5.26 Å². The van der Waals surface area contributed by atoms with Crippen LogP contribution in [0.25, 0.3) is 0 Å². The second-order valence-corrected chi connectivity index (χ2v) is 5.03. The molecular formula is C13H16N4O2. The Morgan fingerprint density at radius 3 is 2.89 bits per heavy atom. The summed E-state index contributed by atoms with van der Waals surface area (Å²) < 4.78 is 0. The number of nitrogens with one attached hydrogen (secondary N) is 1. The first-order valence-electron chi connectivity index (χ1n) is 6.39. The third-order valence-corrected chi connectivity index (χ3v) is 3.60. The molecule has 1 aliphatic carbocycles. The van der Waals surface area contributed by atoms with Crippen molar-refractivity contribution < 1.29 is 4.92 Å². The van der Waals surface area contributed by atoms with Crippen LogP contribution in [0.1, 0.15) is 38.2 Å². The van der Waals surface area contributed by atoms with Gasteiger partial charge in [0.1, 0.15) is 11.6 Å². The van der Waals surface area contributed by atoms with Crippen molar-refractivity contribution in [3.05, 3.63) is 27.9 Å². The van der Waals surface area contributed by atoms with Crippen molar-refractivity contribution in [1.29, 1.82) is 5.26 Å². The van der Waals surface area contributed by atoms with Gasteiger partial charge in [-0.3, -0.25) is 10.1 Å². The largest absolute Gasteiger partial charge is 0.364 e. The maximum Gasteiger partial charge on any atom is 0.328 e. The van der Waals surface area contributed by atoms with E-state index in [1.807, 2.05) is 6.07 Å². The second kappa shape index (κ2) is 5.22. The molecule has 1 aromatic rings. The molecule has 2 rings (SSSR count). The third-order valence-electron chi connectivity index (χ3n) is 3.60. The predicted molar refractivity (Wildman–Crippen MR) is 70.7 cm³/mol. The van der Waals surface area contributed by atoms with Gasteiger partial charge in [0, 0.05) is 12.7 Å².